The third-order valence-electron chi connectivity index (χ3n) is 4.65. The number of benzene rings is 3. The fourth-order valence-electron chi connectivity index (χ4n) is 3.23. The van der Waals surface area contributed by atoms with Gasteiger partial charge in [0.15, 0.2) is 0 Å². The number of methoxy groups -OCH3 is 1. The zero-order chi connectivity index (χ0) is 21.8. The summed E-state index contributed by atoms with van der Waals surface area (Å²) in [4.78, 5) is 0. The molecule has 0 bridgehead atoms. The van der Waals surface area contributed by atoms with E-state index in [1.54, 1.807) is 19.2 Å². The van der Waals surface area contributed by atoms with Crippen LogP contribution in [0.25, 0.3) is 10.0 Å². The molecule has 0 amide bonds. The molecule has 0 fully saturated rings. The van der Waals surface area contributed by atoms with Crippen molar-refractivity contribution in [2.75, 3.05) is 7.11 Å². The Bertz CT molecular complexity index is 1150. The van der Waals surface area contributed by atoms with Gasteiger partial charge in [-0.05, 0) is 0 Å². The van der Waals surface area contributed by atoms with E-state index in [0.29, 0.717) is 14.6 Å². The van der Waals surface area contributed by atoms with E-state index in [1.807, 2.05) is 84.9 Å². The molecule has 1 unspecified atom stereocenters. The molecule has 3 aromatic rings. The molecule has 31 heavy (non-hydrogen) atoms. The molecule has 1 aliphatic heterocycles. The quantitative estimate of drug-likeness (QED) is 0.477. The van der Waals surface area contributed by atoms with Crippen molar-refractivity contribution < 1.29 is 32.3 Å². The van der Waals surface area contributed by atoms with E-state index in [2.05, 4.69) is 0 Å². The van der Waals surface area contributed by atoms with Crippen LogP contribution in [0.15, 0.2) is 97.1 Å². The van der Waals surface area contributed by atoms with Crippen LogP contribution in [0.3, 0.4) is 0 Å². The van der Waals surface area contributed by atoms with E-state index < -0.39 is 24.0 Å². The van der Waals surface area contributed by atoms with Crippen LogP contribution in [0.2, 0.25) is 0 Å². The van der Waals surface area contributed by atoms with Crippen molar-refractivity contribution in [3.8, 4) is 5.75 Å². The molecule has 0 spiro atoms. The van der Waals surface area contributed by atoms with Gasteiger partial charge in [0, 0.05) is 0 Å². The fourth-order valence-corrected chi connectivity index (χ4v) is 8.29. The van der Waals surface area contributed by atoms with Crippen LogP contribution >= 0.6 is 0 Å². The van der Waals surface area contributed by atoms with Crippen molar-refractivity contribution in [1.82, 2.24) is 0 Å². The van der Waals surface area contributed by atoms with Gasteiger partial charge in [-0.15, -0.1) is 0 Å². The van der Waals surface area contributed by atoms with Gasteiger partial charge in [-0.3, -0.25) is 0 Å². The molecular formula is C24H19ClO5Se. The van der Waals surface area contributed by atoms with E-state index in [-0.39, 0.29) is 0 Å². The molecule has 0 radical (unpaired) electrons. The molecular weight excluding hydrogens is 483 g/mol. The van der Waals surface area contributed by atoms with Gasteiger partial charge in [0.2, 0.25) is 0 Å². The van der Waals surface area contributed by atoms with Gasteiger partial charge in [0.1, 0.15) is 0 Å². The predicted molar refractivity (Wildman–Crippen MR) is 113 cm³/mol. The Kier molecular flexibility index (Phi) is 6.51. The van der Waals surface area contributed by atoms with Crippen molar-refractivity contribution in [2.24, 2.45) is 0 Å². The third-order valence-corrected chi connectivity index (χ3v) is 9.86. The number of allylic oxidation sites excluding steroid dienone is 3. The van der Waals surface area contributed by atoms with E-state index >= 15 is 0 Å². The molecule has 158 valence electrons. The average Bonchev–Trinajstić information content (AvgIpc) is 2.79. The van der Waals surface area contributed by atoms with Gasteiger partial charge in [-0.2, -0.15) is 0 Å². The number of halogens is 1. The first-order valence-corrected chi connectivity index (χ1v) is 13.0. The second-order valence-corrected chi connectivity index (χ2v) is 11.3. The Morgan fingerprint density at radius 1 is 0.677 bits per heavy atom. The molecule has 0 saturated carbocycles. The SMILES string of the molecule is COc1ccc(C2=[Se](O[Cl+3]([O-])([O-])[O-])C(c3ccccc3)=CC(c3ccccc3)=C2)cc1. The Morgan fingerprint density at radius 2 is 1.26 bits per heavy atom. The fraction of sp³-hybridized carbons (Fsp3) is 0.0417. The Hall–Kier alpha value is -2.54. The van der Waals surface area contributed by atoms with Gasteiger partial charge in [0.25, 0.3) is 0 Å². The summed E-state index contributed by atoms with van der Waals surface area (Å²) in [6, 6.07) is 26.5. The number of hydrogen-bond donors (Lipinski definition) is 0. The molecule has 0 saturated heterocycles. The van der Waals surface area contributed by atoms with Crippen molar-refractivity contribution in [2.45, 2.75) is 0 Å². The van der Waals surface area contributed by atoms with Crippen LogP contribution in [0.4, 0.5) is 0 Å². The van der Waals surface area contributed by atoms with E-state index in [0.717, 1.165) is 22.3 Å². The van der Waals surface area contributed by atoms with Crippen LogP contribution in [0.1, 0.15) is 16.7 Å². The number of ether oxygens (including phenoxy) is 1. The normalized spacial score (nSPS) is 16.5. The second kappa shape index (κ2) is 9.30. The van der Waals surface area contributed by atoms with Crippen molar-refractivity contribution >= 4 is 28.3 Å². The van der Waals surface area contributed by atoms with E-state index in [4.69, 9.17) is 8.11 Å². The molecule has 7 heteroatoms. The first-order chi connectivity index (χ1) is 14.9. The summed E-state index contributed by atoms with van der Waals surface area (Å²) in [6.45, 7) is 0. The summed E-state index contributed by atoms with van der Waals surface area (Å²) in [5.74, 6) is 0.679. The van der Waals surface area contributed by atoms with Gasteiger partial charge < -0.3 is 0 Å². The summed E-state index contributed by atoms with van der Waals surface area (Å²) in [7, 11) is -3.03. The van der Waals surface area contributed by atoms with Crippen LogP contribution < -0.4 is 18.7 Å². The molecule has 3 aromatic carbocycles. The topological polar surface area (TPSA) is 87.6 Å². The minimum atomic E-state index is -4.60. The van der Waals surface area contributed by atoms with Crippen LogP contribution in [-0.2, 0) is 3.37 Å². The standard InChI is InChI=1S/C24H19ClO5Se/c1-29-22-14-12-20(13-15-22)24-17-21(18-8-4-2-5-9-18)16-23(19-10-6-3-7-11-19)31(24)30-25(26,27)28/h2-17H,1H3. The van der Waals surface area contributed by atoms with Gasteiger partial charge in [-0.1, -0.05) is 0 Å². The zero-order valence-corrected chi connectivity index (χ0v) is 19.0. The van der Waals surface area contributed by atoms with Crippen LogP contribution in [0, 0.1) is 10.2 Å². The molecule has 1 aliphatic rings. The molecule has 1 atom stereocenters. The molecule has 1 heterocycles. The Balaban J connectivity index is 1.97. The van der Waals surface area contributed by atoms with Gasteiger partial charge in [-0.25, -0.2) is 0 Å². The monoisotopic (exact) mass is 502 g/mol. The summed E-state index contributed by atoms with van der Waals surface area (Å²) in [6.07, 6.45) is 3.83. The second-order valence-electron chi connectivity index (χ2n) is 6.64. The van der Waals surface area contributed by atoms with Crippen LogP contribution in [0.5, 0.6) is 5.75 Å². The van der Waals surface area contributed by atoms with Gasteiger partial charge in [0.05, 0.1) is 0 Å². The molecule has 0 N–H and O–H groups in total. The molecule has 5 nitrogen and oxygen atoms in total. The van der Waals surface area contributed by atoms with Crippen LogP contribution in [-0.4, -0.2) is 25.3 Å². The molecule has 0 aliphatic carbocycles. The van der Waals surface area contributed by atoms with Crippen molar-refractivity contribution in [3.05, 3.63) is 114 Å². The first-order valence-electron chi connectivity index (χ1n) is 9.35. The van der Waals surface area contributed by atoms with Crippen molar-refractivity contribution in [3.63, 3.8) is 0 Å². The minimum absolute atomic E-state index is 0.679. The summed E-state index contributed by atoms with van der Waals surface area (Å²) < 4.78 is 46.8. The third kappa shape index (κ3) is 5.21. The Labute approximate surface area is 187 Å². The van der Waals surface area contributed by atoms with Crippen molar-refractivity contribution in [1.29, 1.82) is 0 Å². The van der Waals surface area contributed by atoms with E-state index in [1.165, 1.54) is 0 Å². The summed E-state index contributed by atoms with van der Waals surface area (Å²) >= 11 is -2.69. The maximum atomic E-state index is 11.6. The first kappa shape index (κ1) is 21.7. The average molecular weight is 502 g/mol. The number of rotatable bonds is 6. The molecule has 4 rings (SSSR count). The zero-order valence-electron chi connectivity index (χ0n) is 16.6. The summed E-state index contributed by atoms with van der Waals surface area (Å²) in [5, 5.41) is 0. The Morgan fingerprint density at radius 3 is 1.81 bits per heavy atom. The maximum absolute atomic E-state index is 11.6. The number of hydrogen-bond acceptors (Lipinski definition) is 5. The summed E-state index contributed by atoms with van der Waals surface area (Å²) in [5.41, 5.74) is 3.49. The predicted octanol–water partition coefficient (Wildman–Crippen LogP) is 1.42. The van der Waals surface area contributed by atoms with E-state index in [9.17, 15) is 14.0 Å². The molecule has 0 aromatic heterocycles. The van der Waals surface area contributed by atoms with Gasteiger partial charge >= 0.3 is 187 Å².